The number of carbonyl (C=O) groups is 1. The summed E-state index contributed by atoms with van der Waals surface area (Å²) in [6.07, 6.45) is 2.75. The van der Waals surface area contributed by atoms with Crippen LogP contribution in [0.5, 0.6) is 0 Å². The van der Waals surface area contributed by atoms with Crippen LogP contribution in [0.3, 0.4) is 0 Å². The van der Waals surface area contributed by atoms with Crippen molar-refractivity contribution in [3.8, 4) is 11.8 Å². The van der Waals surface area contributed by atoms with Gasteiger partial charge in [0.05, 0.1) is 12.1 Å². The molecule has 3 aromatic rings. The summed E-state index contributed by atoms with van der Waals surface area (Å²) in [5.74, 6) is -0.0854. The number of thiazole rings is 1. The molecular weight excluding hydrogens is 427 g/mol. The number of hydrogen-bond acceptors (Lipinski definition) is 6. The molecule has 7 nitrogen and oxygen atoms in total. The first-order valence-corrected chi connectivity index (χ1v) is 11.4. The lowest BCUT2D eigenvalue weighted by Crippen LogP contribution is -2.36. The van der Waals surface area contributed by atoms with Gasteiger partial charge >= 0.3 is 0 Å². The molecule has 1 aliphatic rings. The molecular formula is C23H25FN6OS. The first kappa shape index (κ1) is 22.0. The number of carbonyl (C=O) groups excluding carboxylic acids is 1. The molecule has 9 heteroatoms. The van der Waals surface area contributed by atoms with Crippen molar-refractivity contribution in [2.24, 2.45) is 0 Å². The quantitative estimate of drug-likeness (QED) is 0.639. The highest BCUT2D eigenvalue weighted by molar-refractivity contribution is 7.13. The Hall–Kier alpha value is -3.22. The van der Waals surface area contributed by atoms with Gasteiger partial charge in [-0.3, -0.25) is 14.3 Å². The second-order valence-electron chi connectivity index (χ2n) is 7.84. The van der Waals surface area contributed by atoms with Crippen LogP contribution in [0, 0.1) is 31.0 Å². The number of nitrogens with one attached hydrogen (secondary N) is 1. The fraction of sp³-hybridized carbons (Fsp3) is 0.348. The van der Waals surface area contributed by atoms with E-state index in [9.17, 15) is 14.4 Å². The Morgan fingerprint density at radius 2 is 2.00 bits per heavy atom. The van der Waals surface area contributed by atoms with Crippen LogP contribution in [0.1, 0.15) is 23.2 Å². The van der Waals surface area contributed by atoms with E-state index in [1.807, 2.05) is 25.4 Å². The zero-order chi connectivity index (χ0) is 22.7. The van der Waals surface area contributed by atoms with Gasteiger partial charge in [-0.15, -0.1) is 11.3 Å². The van der Waals surface area contributed by atoms with Crippen molar-refractivity contribution >= 4 is 28.2 Å². The number of anilines is 2. The molecule has 3 heterocycles. The predicted octanol–water partition coefficient (Wildman–Crippen LogP) is 3.71. The minimum Gasteiger partial charge on any atom is -0.347 e. The first-order valence-electron chi connectivity index (χ1n) is 10.5. The van der Waals surface area contributed by atoms with E-state index < -0.39 is 0 Å². The SMILES string of the molecule is Cc1c(C#N)c(NC(=O)CN2CCCN(c3nccs3)CC2)n(-c2ccc(F)cc2)c1C. The highest BCUT2D eigenvalue weighted by Gasteiger charge is 2.23. The Labute approximate surface area is 190 Å². The average molecular weight is 453 g/mol. The Balaban J connectivity index is 1.50. The maximum Gasteiger partial charge on any atom is 0.239 e. The number of halogens is 1. The van der Waals surface area contributed by atoms with Crippen LogP contribution >= 0.6 is 11.3 Å². The summed E-state index contributed by atoms with van der Waals surface area (Å²) in [6.45, 7) is 7.28. The predicted molar refractivity (Wildman–Crippen MR) is 124 cm³/mol. The summed E-state index contributed by atoms with van der Waals surface area (Å²) in [7, 11) is 0. The molecule has 0 unspecified atom stereocenters. The fourth-order valence-electron chi connectivity index (χ4n) is 4.04. The van der Waals surface area contributed by atoms with Crippen LogP contribution in [0.25, 0.3) is 5.69 Å². The molecule has 1 fully saturated rings. The van der Waals surface area contributed by atoms with Crippen molar-refractivity contribution in [1.82, 2.24) is 14.5 Å². The molecule has 0 saturated carbocycles. The standard InChI is InChI=1S/C23H25FN6OS/c1-16-17(2)30(19-6-4-18(24)5-7-19)22(20(16)14-25)27-21(31)15-28-9-3-10-29(12-11-28)23-26-8-13-32-23/h4-8,13H,3,9-12,15H2,1-2H3,(H,27,31). The second-order valence-corrected chi connectivity index (χ2v) is 8.71. The van der Waals surface area contributed by atoms with Gasteiger partial charge in [0, 0.05) is 49.1 Å². The second kappa shape index (κ2) is 9.51. The van der Waals surface area contributed by atoms with Crippen molar-refractivity contribution < 1.29 is 9.18 Å². The topological polar surface area (TPSA) is 77.2 Å². The van der Waals surface area contributed by atoms with E-state index in [4.69, 9.17) is 0 Å². The van der Waals surface area contributed by atoms with Crippen LogP contribution < -0.4 is 10.2 Å². The number of amides is 1. The lowest BCUT2D eigenvalue weighted by Gasteiger charge is -2.21. The lowest BCUT2D eigenvalue weighted by molar-refractivity contribution is -0.117. The summed E-state index contributed by atoms with van der Waals surface area (Å²) in [6, 6.07) is 8.23. The Bertz CT molecular complexity index is 1130. The van der Waals surface area contributed by atoms with Crippen LogP contribution in [0.15, 0.2) is 35.8 Å². The zero-order valence-electron chi connectivity index (χ0n) is 18.1. The van der Waals surface area contributed by atoms with Gasteiger partial charge in [-0.05, 0) is 50.1 Å². The van der Waals surface area contributed by atoms with E-state index in [0.717, 1.165) is 49.0 Å². The van der Waals surface area contributed by atoms with Gasteiger partial charge < -0.3 is 10.2 Å². The fourth-order valence-corrected chi connectivity index (χ4v) is 4.74. The van der Waals surface area contributed by atoms with Gasteiger partial charge in [-0.25, -0.2) is 9.37 Å². The number of benzene rings is 1. The summed E-state index contributed by atoms with van der Waals surface area (Å²) < 4.78 is 15.2. The van der Waals surface area contributed by atoms with Crippen molar-refractivity contribution in [1.29, 1.82) is 5.26 Å². The number of nitriles is 1. The third-order valence-electron chi connectivity index (χ3n) is 5.81. The van der Waals surface area contributed by atoms with Crippen LogP contribution in [-0.4, -0.2) is 53.1 Å². The first-order chi connectivity index (χ1) is 15.5. The molecule has 1 aliphatic heterocycles. The molecule has 0 atom stereocenters. The van der Waals surface area contributed by atoms with E-state index in [1.165, 1.54) is 12.1 Å². The van der Waals surface area contributed by atoms with E-state index in [-0.39, 0.29) is 18.3 Å². The van der Waals surface area contributed by atoms with Crippen LogP contribution in [0.2, 0.25) is 0 Å². The van der Waals surface area contributed by atoms with Gasteiger partial charge in [0.15, 0.2) is 5.13 Å². The Morgan fingerprint density at radius 3 is 2.69 bits per heavy atom. The van der Waals surface area contributed by atoms with Crippen molar-refractivity contribution in [2.75, 3.05) is 42.9 Å². The summed E-state index contributed by atoms with van der Waals surface area (Å²) in [4.78, 5) is 21.7. The maximum atomic E-state index is 13.4. The van der Waals surface area contributed by atoms with Crippen molar-refractivity contribution in [2.45, 2.75) is 20.3 Å². The molecule has 32 heavy (non-hydrogen) atoms. The molecule has 1 N–H and O–H groups in total. The lowest BCUT2D eigenvalue weighted by atomic mass is 10.2. The monoisotopic (exact) mass is 452 g/mol. The van der Waals surface area contributed by atoms with Gasteiger partial charge in [0.2, 0.25) is 5.91 Å². The van der Waals surface area contributed by atoms with E-state index in [0.29, 0.717) is 17.1 Å². The van der Waals surface area contributed by atoms with Crippen molar-refractivity contribution in [3.63, 3.8) is 0 Å². The Morgan fingerprint density at radius 1 is 1.22 bits per heavy atom. The van der Waals surface area contributed by atoms with Gasteiger partial charge in [0.25, 0.3) is 0 Å². The average Bonchev–Trinajstić information content (AvgIpc) is 3.31. The highest BCUT2D eigenvalue weighted by Crippen LogP contribution is 2.30. The van der Waals surface area contributed by atoms with E-state index in [2.05, 4.69) is 26.2 Å². The molecule has 0 aliphatic carbocycles. The number of rotatable bonds is 5. The molecule has 0 spiro atoms. The van der Waals surface area contributed by atoms with E-state index in [1.54, 1.807) is 28.0 Å². The highest BCUT2D eigenvalue weighted by atomic mass is 32.1. The van der Waals surface area contributed by atoms with Gasteiger partial charge in [-0.1, -0.05) is 0 Å². The minimum absolute atomic E-state index is 0.176. The summed E-state index contributed by atoms with van der Waals surface area (Å²) in [5, 5.41) is 15.7. The van der Waals surface area contributed by atoms with Gasteiger partial charge in [0.1, 0.15) is 17.7 Å². The Kier molecular flexibility index (Phi) is 6.53. The summed E-state index contributed by atoms with van der Waals surface area (Å²) >= 11 is 1.62. The zero-order valence-corrected chi connectivity index (χ0v) is 19.0. The van der Waals surface area contributed by atoms with Crippen molar-refractivity contribution in [3.05, 3.63) is 58.5 Å². The maximum absolute atomic E-state index is 13.4. The summed E-state index contributed by atoms with van der Waals surface area (Å²) in [5.41, 5.74) is 2.74. The molecule has 0 radical (unpaired) electrons. The number of nitrogens with zero attached hydrogens (tertiary/aromatic N) is 5. The largest absolute Gasteiger partial charge is 0.347 e. The third kappa shape index (κ3) is 4.52. The molecule has 0 bridgehead atoms. The molecule has 1 saturated heterocycles. The molecule has 1 aromatic carbocycles. The molecule has 2 aromatic heterocycles. The molecule has 166 valence electrons. The molecule has 1 amide bonds. The van der Waals surface area contributed by atoms with Crippen LogP contribution in [0.4, 0.5) is 15.3 Å². The normalized spacial score (nSPS) is 14.8. The molecule has 4 rings (SSSR count). The number of hydrogen-bond donors (Lipinski definition) is 1. The van der Waals surface area contributed by atoms with Gasteiger partial charge in [-0.2, -0.15) is 5.26 Å². The minimum atomic E-state index is -0.339. The third-order valence-corrected chi connectivity index (χ3v) is 6.65. The smallest absolute Gasteiger partial charge is 0.239 e. The van der Waals surface area contributed by atoms with E-state index >= 15 is 0 Å². The number of aromatic nitrogens is 2. The van der Waals surface area contributed by atoms with Crippen LogP contribution in [-0.2, 0) is 4.79 Å².